The molecule has 1 heterocycles. The van der Waals surface area contributed by atoms with E-state index < -0.39 is 0 Å². The molecule has 1 fully saturated rings. The monoisotopic (exact) mass is 293 g/mol. The van der Waals surface area contributed by atoms with Crippen molar-refractivity contribution in [1.82, 2.24) is 4.90 Å². The summed E-state index contributed by atoms with van der Waals surface area (Å²) in [4.78, 5) is 14.7. The number of carbonyl (C=O) groups excluding carboxylic acids is 1. The van der Waals surface area contributed by atoms with Crippen LogP contribution in [0.1, 0.15) is 36.9 Å². The fraction of sp³-hybridized carbons (Fsp3) is 0.350. The fourth-order valence-corrected chi connectivity index (χ4v) is 3.31. The van der Waals surface area contributed by atoms with E-state index in [9.17, 15) is 4.79 Å². The van der Waals surface area contributed by atoms with Crippen molar-refractivity contribution in [2.75, 3.05) is 6.54 Å². The smallest absolute Gasteiger partial charge is 0.226 e. The van der Waals surface area contributed by atoms with Crippen molar-refractivity contribution >= 4 is 5.91 Å². The maximum absolute atomic E-state index is 12.7. The first-order chi connectivity index (χ1) is 10.8. The highest BCUT2D eigenvalue weighted by Gasteiger charge is 2.34. The zero-order valence-corrected chi connectivity index (χ0v) is 13.1. The molecule has 0 aliphatic carbocycles. The predicted octanol–water partition coefficient (Wildman–Crippen LogP) is 4.23. The van der Waals surface area contributed by atoms with Crippen molar-refractivity contribution in [3.8, 4) is 0 Å². The molecule has 1 aliphatic heterocycles. The Labute approximate surface area is 132 Å². The number of aryl methyl sites for hydroxylation is 1. The van der Waals surface area contributed by atoms with E-state index in [0.717, 1.165) is 25.8 Å². The van der Waals surface area contributed by atoms with Crippen LogP contribution in [0.5, 0.6) is 0 Å². The Hall–Kier alpha value is -2.09. The summed E-state index contributed by atoms with van der Waals surface area (Å²) >= 11 is 0. The van der Waals surface area contributed by atoms with Gasteiger partial charge in [-0.05, 0) is 37.3 Å². The van der Waals surface area contributed by atoms with Gasteiger partial charge in [0.15, 0.2) is 0 Å². The minimum absolute atomic E-state index is 0.176. The SMILES string of the molecule is C[C@@H](c1ccccc1)N1CC[C@@H](CCc2ccccc2)C1=O. The van der Waals surface area contributed by atoms with Crippen molar-refractivity contribution < 1.29 is 4.79 Å². The number of nitrogens with zero attached hydrogens (tertiary/aromatic N) is 1. The minimum atomic E-state index is 0.176. The van der Waals surface area contributed by atoms with Crippen LogP contribution in [0.4, 0.5) is 0 Å². The number of benzene rings is 2. The van der Waals surface area contributed by atoms with Gasteiger partial charge in [-0.3, -0.25) is 4.79 Å². The molecule has 114 valence electrons. The molecule has 0 spiro atoms. The number of hydrogen-bond donors (Lipinski definition) is 0. The molecule has 1 amide bonds. The highest BCUT2D eigenvalue weighted by atomic mass is 16.2. The zero-order chi connectivity index (χ0) is 15.4. The lowest BCUT2D eigenvalue weighted by Gasteiger charge is -2.25. The summed E-state index contributed by atoms with van der Waals surface area (Å²) in [7, 11) is 0. The second-order valence-electron chi connectivity index (χ2n) is 6.13. The van der Waals surface area contributed by atoms with Gasteiger partial charge >= 0.3 is 0 Å². The first-order valence-electron chi connectivity index (χ1n) is 8.15. The van der Waals surface area contributed by atoms with Crippen molar-refractivity contribution in [2.24, 2.45) is 5.92 Å². The van der Waals surface area contributed by atoms with Crippen LogP contribution in [0.2, 0.25) is 0 Å². The molecule has 2 aromatic rings. The Morgan fingerprint density at radius 3 is 2.36 bits per heavy atom. The zero-order valence-electron chi connectivity index (χ0n) is 13.1. The molecular weight excluding hydrogens is 270 g/mol. The summed E-state index contributed by atoms with van der Waals surface area (Å²) in [6, 6.07) is 20.9. The third-order valence-corrected chi connectivity index (χ3v) is 4.72. The number of rotatable bonds is 5. The summed E-state index contributed by atoms with van der Waals surface area (Å²) in [6.07, 6.45) is 2.94. The van der Waals surface area contributed by atoms with Gasteiger partial charge in [0.1, 0.15) is 0 Å². The lowest BCUT2D eigenvalue weighted by molar-refractivity contribution is -0.132. The van der Waals surface area contributed by atoms with Gasteiger partial charge in [0.25, 0.3) is 0 Å². The third-order valence-electron chi connectivity index (χ3n) is 4.72. The maximum atomic E-state index is 12.7. The second kappa shape index (κ2) is 6.78. The number of likely N-dealkylation sites (tertiary alicyclic amines) is 1. The molecule has 0 unspecified atom stereocenters. The fourth-order valence-electron chi connectivity index (χ4n) is 3.31. The van der Waals surface area contributed by atoms with E-state index in [-0.39, 0.29) is 12.0 Å². The van der Waals surface area contributed by atoms with Gasteiger partial charge in [0.2, 0.25) is 5.91 Å². The summed E-state index contributed by atoms with van der Waals surface area (Å²) in [5, 5.41) is 0. The van der Waals surface area contributed by atoms with Crippen LogP contribution in [0.25, 0.3) is 0 Å². The van der Waals surface area contributed by atoms with E-state index in [1.54, 1.807) is 0 Å². The Morgan fingerprint density at radius 1 is 1.05 bits per heavy atom. The van der Waals surface area contributed by atoms with E-state index >= 15 is 0 Å². The molecule has 0 bridgehead atoms. The molecule has 22 heavy (non-hydrogen) atoms. The quantitative estimate of drug-likeness (QED) is 0.808. The Morgan fingerprint density at radius 2 is 1.68 bits per heavy atom. The highest BCUT2D eigenvalue weighted by molar-refractivity contribution is 5.81. The van der Waals surface area contributed by atoms with Crippen molar-refractivity contribution in [3.05, 3.63) is 71.8 Å². The lowest BCUT2D eigenvalue weighted by atomic mass is 9.98. The van der Waals surface area contributed by atoms with Crippen LogP contribution in [-0.2, 0) is 11.2 Å². The number of carbonyl (C=O) groups is 1. The summed E-state index contributed by atoms with van der Waals surface area (Å²) in [6.45, 7) is 3.02. The van der Waals surface area contributed by atoms with E-state index in [0.29, 0.717) is 5.91 Å². The van der Waals surface area contributed by atoms with Gasteiger partial charge in [0.05, 0.1) is 6.04 Å². The molecule has 0 N–H and O–H groups in total. The van der Waals surface area contributed by atoms with E-state index in [1.165, 1.54) is 11.1 Å². The highest BCUT2D eigenvalue weighted by Crippen LogP contribution is 2.30. The van der Waals surface area contributed by atoms with E-state index in [1.807, 2.05) is 29.2 Å². The minimum Gasteiger partial charge on any atom is -0.336 e. The lowest BCUT2D eigenvalue weighted by Crippen LogP contribution is -2.30. The first kappa shape index (κ1) is 14.8. The Balaban J connectivity index is 1.60. The number of hydrogen-bond acceptors (Lipinski definition) is 1. The molecule has 2 nitrogen and oxygen atoms in total. The summed E-state index contributed by atoms with van der Waals surface area (Å²) in [5.41, 5.74) is 2.55. The average Bonchev–Trinajstić information content (AvgIpc) is 2.95. The summed E-state index contributed by atoms with van der Waals surface area (Å²) < 4.78 is 0. The van der Waals surface area contributed by atoms with Gasteiger partial charge in [-0.15, -0.1) is 0 Å². The van der Waals surface area contributed by atoms with Gasteiger partial charge in [-0.1, -0.05) is 60.7 Å². The average molecular weight is 293 g/mol. The van der Waals surface area contributed by atoms with Crippen LogP contribution in [0, 0.1) is 5.92 Å². The molecule has 1 aliphatic rings. The molecule has 1 saturated heterocycles. The van der Waals surface area contributed by atoms with Crippen LogP contribution in [0.3, 0.4) is 0 Å². The molecule has 2 heteroatoms. The molecule has 2 atom stereocenters. The van der Waals surface area contributed by atoms with E-state index in [4.69, 9.17) is 0 Å². The third kappa shape index (κ3) is 3.22. The summed E-state index contributed by atoms with van der Waals surface area (Å²) in [5.74, 6) is 0.513. The maximum Gasteiger partial charge on any atom is 0.226 e. The van der Waals surface area contributed by atoms with Crippen LogP contribution in [0.15, 0.2) is 60.7 Å². The van der Waals surface area contributed by atoms with E-state index in [2.05, 4.69) is 43.3 Å². The topological polar surface area (TPSA) is 20.3 Å². The van der Waals surface area contributed by atoms with Crippen molar-refractivity contribution in [2.45, 2.75) is 32.2 Å². The molecule has 0 saturated carbocycles. The van der Waals surface area contributed by atoms with Crippen LogP contribution >= 0.6 is 0 Å². The molecule has 2 aromatic carbocycles. The van der Waals surface area contributed by atoms with Crippen molar-refractivity contribution in [1.29, 1.82) is 0 Å². The predicted molar refractivity (Wildman–Crippen MR) is 89.4 cm³/mol. The van der Waals surface area contributed by atoms with Crippen LogP contribution < -0.4 is 0 Å². The molecule has 0 radical (unpaired) electrons. The Bertz CT molecular complexity index is 608. The first-order valence-corrected chi connectivity index (χ1v) is 8.15. The normalized spacial score (nSPS) is 19.4. The van der Waals surface area contributed by atoms with Crippen LogP contribution in [-0.4, -0.2) is 17.4 Å². The standard InChI is InChI=1S/C20H23NO/c1-16(18-10-6-3-7-11-18)21-15-14-19(20(21)22)13-12-17-8-4-2-5-9-17/h2-11,16,19H,12-15H2,1H3/t16-,19+/m0/s1. The second-order valence-corrected chi connectivity index (χ2v) is 6.13. The molecule has 0 aromatic heterocycles. The van der Waals surface area contributed by atoms with Gasteiger partial charge < -0.3 is 4.90 Å². The van der Waals surface area contributed by atoms with Gasteiger partial charge in [-0.25, -0.2) is 0 Å². The molecular formula is C20H23NO. The Kier molecular flexibility index (Phi) is 4.57. The van der Waals surface area contributed by atoms with Gasteiger partial charge in [0, 0.05) is 12.5 Å². The molecule has 3 rings (SSSR count). The number of amides is 1. The van der Waals surface area contributed by atoms with Gasteiger partial charge in [-0.2, -0.15) is 0 Å². The largest absolute Gasteiger partial charge is 0.336 e. The van der Waals surface area contributed by atoms with Crippen molar-refractivity contribution in [3.63, 3.8) is 0 Å².